The van der Waals surface area contributed by atoms with Crippen LogP contribution >= 0.6 is 0 Å². The third-order valence-electron chi connectivity index (χ3n) is 10.8. The summed E-state index contributed by atoms with van der Waals surface area (Å²) in [5.41, 5.74) is 10.9. The van der Waals surface area contributed by atoms with E-state index in [1.54, 1.807) is 54.6 Å². The Balaban J connectivity index is 0.000000336. The molecule has 9 N–H and O–H groups in total. The van der Waals surface area contributed by atoms with E-state index in [0.717, 1.165) is 32.7 Å². The summed E-state index contributed by atoms with van der Waals surface area (Å²) in [6.45, 7) is 10.1. The number of rotatable bonds is 7. The highest BCUT2D eigenvalue weighted by molar-refractivity contribution is 6.28. The number of hydrogen-bond acceptors (Lipinski definition) is 9. The molecular formula is C52H40N2O7. The quantitative estimate of drug-likeness (QED) is 0.0338. The topological polar surface area (TPSA) is 184 Å². The Morgan fingerprint density at radius 3 is 1.79 bits per heavy atom. The van der Waals surface area contributed by atoms with Gasteiger partial charge in [-0.1, -0.05) is 152 Å². The molecule has 0 spiro atoms. The molecule has 0 saturated carbocycles. The van der Waals surface area contributed by atoms with Crippen molar-refractivity contribution in [2.75, 3.05) is 0 Å². The number of aryl methyl sites for hydroxylation is 1. The molecule has 0 aliphatic rings. The average Bonchev–Trinajstić information content (AvgIpc) is 3.68. The van der Waals surface area contributed by atoms with E-state index in [1.165, 1.54) is 22.8 Å². The minimum atomic E-state index is -0.992. The Kier molecular flexibility index (Phi) is 10.2. The smallest absolute Gasteiger partial charge is 0.205 e. The van der Waals surface area contributed by atoms with Crippen molar-refractivity contribution in [3.05, 3.63) is 174 Å². The van der Waals surface area contributed by atoms with Crippen LogP contribution in [0.1, 0.15) is 27.8 Å². The lowest BCUT2D eigenvalue weighted by Crippen LogP contribution is -2.03. The van der Waals surface area contributed by atoms with Gasteiger partial charge in [0.15, 0.2) is 22.7 Å². The van der Waals surface area contributed by atoms with Crippen LogP contribution in [0.4, 0.5) is 0 Å². The van der Waals surface area contributed by atoms with E-state index < -0.39 is 51.4 Å². The fourth-order valence-corrected chi connectivity index (χ4v) is 7.92. The van der Waals surface area contributed by atoms with Gasteiger partial charge in [-0.15, -0.1) is 0 Å². The van der Waals surface area contributed by atoms with Crippen molar-refractivity contribution in [1.29, 1.82) is 5.41 Å². The van der Waals surface area contributed by atoms with Gasteiger partial charge >= 0.3 is 0 Å². The van der Waals surface area contributed by atoms with Crippen LogP contribution in [0, 0.1) is 12.3 Å². The van der Waals surface area contributed by atoms with Gasteiger partial charge in [0.05, 0.1) is 22.2 Å². The van der Waals surface area contributed by atoms with Crippen molar-refractivity contribution in [1.82, 2.24) is 0 Å². The highest BCUT2D eigenvalue weighted by Gasteiger charge is 2.32. The third kappa shape index (κ3) is 6.70. The summed E-state index contributed by atoms with van der Waals surface area (Å²) in [5.74, 6) is -4.86. The monoisotopic (exact) mass is 804 g/mol. The first-order valence-electron chi connectivity index (χ1n) is 19.2. The summed E-state index contributed by atoms with van der Waals surface area (Å²) >= 11 is 0. The summed E-state index contributed by atoms with van der Waals surface area (Å²) < 4.78 is 5.70. The maximum atomic E-state index is 11.9. The van der Waals surface area contributed by atoms with Crippen LogP contribution in [0.25, 0.3) is 83.6 Å². The number of aromatic hydroxyl groups is 6. The Bertz CT molecular complexity index is 3280. The lowest BCUT2D eigenvalue weighted by atomic mass is 9.89. The molecule has 9 aromatic rings. The van der Waals surface area contributed by atoms with E-state index in [-0.39, 0.29) is 27.6 Å². The molecule has 1 aromatic heterocycles. The number of nitrogens with two attached hydrogens (primary N) is 1. The molecule has 9 nitrogen and oxygen atoms in total. The number of hydrogen-bond donors (Lipinski definition) is 8. The van der Waals surface area contributed by atoms with Crippen LogP contribution in [0.2, 0.25) is 0 Å². The number of furan rings is 1. The molecule has 0 atom stereocenters. The molecule has 0 amide bonds. The minimum absolute atomic E-state index is 0.152. The number of phenols is 6. The van der Waals surface area contributed by atoms with Crippen molar-refractivity contribution < 1.29 is 35.1 Å². The average molecular weight is 805 g/mol. The third-order valence-corrected chi connectivity index (χ3v) is 10.8. The summed E-state index contributed by atoms with van der Waals surface area (Å²) in [4.78, 5) is 0. The fraction of sp³-hybridized carbons (Fsp3) is 0.0192. The standard InChI is InChI=1S/C39H28N2O7.C13H12/c1-3-20-21(4-2)25-16-19(14-15-24(25)23-13-9-8-12-22(20)23)28-32(42)31-30-29(27(41)17-26(40)18-10-6-5-7-11-18)34(44)35(45)37(47)38(30)48-39(31)36(46)33(28)43;1-11-6-5-9-13(10-11)12-7-3-2-4-8-12/h3-17,41-47H,1-2,40H2;2-10H,1H3/b26-17-,41-27?;. The molecule has 0 radical (unpaired) electrons. The van der Waals surface area contributed by atoms with Gasteiger partial charge in [-0.05, 0) is 74.0 Å². The maximum Gasteiger partial charge on any atom is 0.205 e. The number of fused-ring (bicyclic) bond motifs is 6. The van der Waals surface area contributed by atoms with Gasteiger partial charge in [-0.3, -0.25) is 0 Å². The van der Waals surface area contributed by atoms with Crippen molar-refractivity contribution in [3.63, 3.8) is 0 Å². The van der Waals surface area contributed by atoms with Crippen LogP contribution in [0.3, 0.4) is 0 Å². The largest absolute Gasteiger partial charge is 0.506 e. The lowest BCUT2D eigenvalue weighted by Gasteiger charge is -2.16. The zero-order chi connectivity index (χ0) is 43.1. The predicted octanol–water partition coefficient (Wildman–Crippen LogP) is 12.1. The van der Waals surface area contributed by atoms with Crippen LogP contribution in [-0.4, -0.2) is 36.4 Å². The number of phenolic OH excluding ortho intramolecular Hbond substituents is 6. The molecule has 0 aliphatic carbocycles. The van der Waals surface area contributed by atoms with E-state index in [2.05, 4.69) is 68.6 Å². The summed E-state index contributed by atoms with van der Waals surface area (Å²) in [6.07, 6.45) is 4.67. The second-order valence-electron chi connectivity index (χ2n) is 14.5. The van der Waals surface area contributed by atoms with E-state index in [1.807, 2.05) is 36.4 Å². The molecule has 0 unspecified atom stereocenters. The molecule has 0 aliphatic heterocycles. The highest BCUT2D eigenvalue weighted by Crippen LogP contribution is 2.57. The molecule has 1 heterocycles. The van der Waals surface area contributed by atoms with Gasteiger partial charge in [0.2, 0.25) is 17.2 Å². The van der Waals surface area contributed by atoms with Crippen molar-refractivity contribution >= 4 is 67.0 Å². The molecule has 61 heavy (non-hydrogen) atoms. The second-order valence-corrected chi connectivity index (χ2v) is 14.5. The molecule has 9 heteroatoms. The van der Waals surface area contributed by atoms with Gasteiger partial charge in [-0.25, -0.2) is 0 Å². The van der Waals surface area contributed by atoms with Crippen LogP contribution in [0.5, 0.6) is 34.5 Å². The summed E-state index contributed by atoms with van der Waals surface area (Å²) in [6, 6.07) is 40.8. The fourth-order valence-electron chi connectivity index (χ4n) is 7.92. The van der Waals surface area contributed by atoms with Crippen LogP contribution in [0.15, 0.2) is 151 Å². The van der Waals surface area contributed by atoms with Gasteiger partial charge < -0.3 is 46.2 Å². The molecule has 300 valence electrons. The van der Waals surface area contributed by atoms with E-state index in [0.29, 0.717) is 11.1 Å². The predicted molar refractivity (Wildman–Crippen MR) is 246 cm³/mol. The molecule has 0 fully saturated rings. The van der Waals surface area contributed by atoms with Gasteiger partial charge in [0.1, 0.15) is 5.75 Å². The molecule has 8 aromatic carbocycles. The summed E-state index contributed by atoms with van der Waals surface area (Å²) in [5, 5.41) is 78.8. The number of benzene rings is 8. The van der Waals surface area contributed by atoms with Crippen LogP contribution in [-0.2, 0) is 0 Å². The Labute approximate surface area is 350 Å². The minimum Gasteiger partial charge on any atom is -0.506 e. The zero-order valence-corrected chi connectivity index (χ0v) is 32.9. The first kappa shape index (κ1) is 39.4. The van der Waals surface area contributed by atoms with E-state index >= 15 is 0 Å². The molecule has 9 rings (SSSR count). The van der Waals surface area contributed by atoms with Gasteiger partial charge in [0, 0.05) is 11.1 Å². The Morgan fingerprint density at radius 1 is 0.541 bits per heavy atom. The first-order valence-corrected chi connectivity index (χ1v) is 19.2. The Morgan fingerprint density at radius 2 is 1.11 bits per heavy atom. The van der Waals surface area contributed by atoms with E-state index in [9.17, 15) is 30.6 Å². The maximum absolute atomic E-state index is 11.9. The summed E-state index contributed by atoms with van der Waals surface area (Å²) in [7, 11) is 0. The van der Waals surface area contributed by atoms with E-state index in [4.69, 9.17) is 15.6 Å². The SMILES string of the molecule is C=Cc1c(C=C)c2cc(-c3c(O)c(O)c4oc5c(O)c(O)c(O)c(C(=N)/C=C(\N)c6ccccc6)c5c4c3O)ccc2c2ccccc12.Cc1cccc(-c2ccccc2)c1. The van der Waals surface area contributed by atoms with Crippen molar-refractivity contribution in [2.45, 2.75) is 6.92 Å². The molecular weight excluding hydrogens is 765 g/mol. The van der Waals surface area contributed by atoms with Crippen LogP contribution < -0.4 is 5.73 Å². The second kappa shape index (κ2) is 15.7. The highest BCUT2D eigenvalue weighted by atomic mass is 16.4. The Hall–Kier alpha value is -8.43. The first-order chi connectivity index (χ1) is 29.4. The zero-order valence-electron chi connectivity index (χ0n) is 32.9. The van der Waals surface area contributed by atoms with Crippen molar-refractivity contribution in [3.8, 4) is 56.8 Å². The molecule has 0 saturated heterocycles. The normalized spacial score (nSPS) is 11.5. The van der Waals surface area contributed by atoms with Gasteiger partial charge in [-0.2, -0.15) is 0 Å². The van der Waals surface area contributed by atoms with Gasteiger partial charge in [0.25, 0.3) is 0 Å². The number of nitrogens with one attached hydrogen (secondary N) is 1. The number of allylic oxidation sites excluding steroid dienone is 1. The molecule has 0 bridgehead atoms. The lowest BCUT2D eigenvalue weighted by molar-refractivity contribution is 0.366. The van der Waals surface area contributed by atoms with Crippen molar-refractivity contribution in [2.24, 2.45) is 5.73 Å².